The van der Waals surface area contributed by atoms with Gasteiger partial charge in [-0.15, -0.1) is 0 Å². The van der Waals surface area contributed by atoms with Gasteiger partial charge in [0.05, 0.1) is 0 Å². The van der Waals surface area contributed by atoms with Gasteiger partial charge < -0.3 is 5.73 Å². The van der Waals surface area contributed by atoms with Crippen molar-refractivity contribution in [3.05, 3.63) is 47.0 Å². The predicted molar refractivity (Wildman–Crippen MR) is 69.4 cm³/mol. The molecular formula is C15H21N. The zero-order valence-corrected chi connectivity index (χ0v) is 10.1. The number of hydrogen-bond acceptors (Lipinski definition) is 1. The summed E-state index contributed by atoms with van der Waals surface area (Å²) >= 11 is 0. The number of rotatable bonds is 2. The van der Waals surface area contributed by atoms with E-state index >= 15 is 0 Å². The summed E-state index contributed by atoms with van der Waals surface area (Å²) in [6.07, 6.45) is 8.31. The number of nitrogens with two attached hydrogens (primary N) is 1. The van der Waals surface area contributed by atoms with Gasteiger partial charge in [0.15, 0.2) is 0 Å². The Hall–Kier alpha value is -1.08. The van der Waals surface area contributed by atoms with E-state index in [4.69, 9.17) is 5.73 Å². The molecule has 1 atom stereocenters. The molecule has 0 aromatic heterocycles. The second-order valence-corrected chi connectivity index (χ2v) is 4.90. The Morgan fingerprint density at radius 2 is 1.94 bits per heavy atom. The third-order valence-corrected chi connectivity index (χ3v) is 3.29. The minimum absolute atomic E-state index is 0.281. The molecule has 16 heavy (non-hydrogen) atoms. The van der Waals surface area contributed by atoms with E-state index < -0.39 is 0 Å². The largest absolute Gasteiger partial charge is 0.324 e. The fourth-order valence-corrected chi connectivity index (χ4v) is 2.32. The molecule has 0 fully saturated rings. The lowest BCUT2D eigenvalue weighted by atomic mass is 10.0. The molecule has 1 heteroatoms. The van der Waals surface area contributed by atoms with Crippen LogP contribution in [0.25, 0.3) is 0 Å². The Bertz CT molecular complexity index is 362. The molecule has 0 amide bonds. The summed E-state index contributed by atoms with van der Waals surface area (Å²) in [5, 5.41) is 0. The van der Waals surface area contributed by atoms with Crippen molar-refractivity contribution in [3.8, 4) is 0 Å². The molecule has 1 unspecified atom stereocenters. The summed E-state index contributed by atoms with van der Waals surface area (Å²) in [4.78, 5) is 0. The Kier molecular flexibility index (Phi) is 3.79. The lowest BCUT2D eigenvalue weighted by Gasteiger charge is -2.07. The standard InChI is InChI=1S/C15H21N/c1-12-6-8-13(9-7-12)10-14-4-2-3-5-15(16)11-14/h6-9,11,15H,2-5,10,16H2,1H3. The first kappa shape index (κ1) is 11.4. The summed E-state index contributed by atoms with van der Waals surface area (Å²) in [7, 11) is 0. The first-order valence-corrected chi connectivity index (χ1v) is 6.25. The smallest absolute Gasteiger partial charge is 0.0226 e. The summed E-state index contributed by atoms with van der Waals surface area (Å²) in [6.45, 7) is 2.13. The highest BCUT2D eigenvalue weighted by molar-refractivity contribution is 5.26. The van der Waals surface area contributed by atoms with Gasteiger partial charge in [-0.05, 0) is 38.2 Å². The van der Waals surface area contributed by atoms with Crippen molar-refractivity contribution in [1.82, 2.24) is 0 Å². The lowest BCUT2D eigenvalue weighted by molar-refractivity contribution is 0.654. The van der Waals surface area contributed by atoms with Crippen LogP contribution in [0.4, 0.5) is 0 Å². The van der Waals surface area contributed by atoms with Crippen molar-refractivity contribution in [2.75, 3.05) is 0 Å². The van der Waals surface area contributed by atoms with Gasteiger partial charge in [0.2, 0.25) is 0 Å². The molecule has 0 bridgehead atoms. The van der Waals surface area contributed by atoms with Gasteiger partial charge in [0.1, 0.15) is 0 Å². The van der Waals surface area contributed by atoms with Crippen LogP contribution in [-0.4, -0.2) is 6.04 Å². The third-order valence-electron chi connectivity index (χ3n) is 3.29. The average Bonchev–Trinajstić information content (AvgIpc) is 2.46. The van der Waals surface area contributed by atoms with Crippen molar-refractivity contribution < 1.29 is 0 Å². The van der Waals surface area contributed by atoms with Gasteiger partial charge in [-0.1, -0.05) is 47.9 Å². The zero-order valence-electron chi connectivity index (χ0n) is 10.1. The molecule has 0 radical (unpaired) electrons. The summed E-state index contributed by atoms with van der Waals surface area (Å²) in [5.74, 6) is 0. The normalized spacial score (nSPS) is 21.4. The van der Waals surface area contributed by atoms with E-state index in [1.807, 2.05) is 0 Å². The number of allylic oxidation sites excluding steroid dienone is 1. The summed E-state index contributed by atoms with van der Waals surface area (Å²) in [6, 6.07) is 9.11. The second kappa shape index (κ2) is 5.31. The van der Waals surface area contributed by atoms with Crippen molar-refractivity contribution >= 4 is 0 Å². The summed E-state index contributed by atoms with van der Waals surface area (Å²) < 4.78 is 0. The lowest BCUT2D eigenvalue weighted by Crippen LogP contribution is -2.16. The van der Waals surface area contributed by atoms with Gasteiger partial charge in [-0.25, -0.2) is 0 Å². The highest BCUT2D eigenvalue weighted by Gasteiger charge is 2.08. The van der Waals surface area contributed by atoms with Crippen molar-refractivity contribution in [2.24, 2.45) is 5.73 Å². The van der Waals surface area contributed by atoms with Crippen LogP contribution in [0.3, 0.4) is 0 Å². The Morgan fingerprint density at radius 3 is 2.69 bits per heavy atom. The van der Waals surface area contributed by atoms with E-state index in [2.05, 4.69) is 37.3 Å². The van der Waals surface area contributed by atoms with Crippen molar-refractivity contribution in [3.63, 3.8) is 0 Å². The van der Waals surface area contributed by atoms with E-state index in [1.165, 1.54) is 36.0 Å². The van der Waals surface area contributed by atoms with Gasteiger partial charge >= 0.3 is 0 Å². The molecule has 0 saturated heterocycles. The Balaban J connectivity index is 2.05. The van der Waals surface area contributed by atoms with Crippen LogP contribution in [0.5, 0.6) is 0 Å². The van der Waals surface area contributed by atoms with Crippen LogP contribution >= 0.6 is 0 Å². The molecule has 1 aromatic carbocycles. The molecule has 1 aliphatic rings. The maximum Gasteiger partial charge on any atom is 0.0226 e. The third kappa shape index (κ3) is 3.21. The monoisotopic (exact) mass is 215 g/mol. The minimum atomic E-state index is 0.281. The van der Waals surface area contributed by atoms with Crippen LogP contribution in [0.15, 0.2) is 35.9 Å². The highest BCUT2D eigenvalue weighted by atomic mass is 14.6. The molecule has 2 rings (SSSR count). The maximum absolute atomic E-state index is 6.03. The fourth-order valence-electron chi connectivity index (χ4n) is 2.32. The molecule has 0 saturated carbocycles. The fraction of sp³-hybridized carbons (Fsp3) is 0.467. The summed E-state index contributed by atoms with van der Waals surface area (Å²) in [5.41, 5.74) is 10.3. The van der Waals surface area contributed by atoms with Gasteiger partial charge in [0.25, 0.3) is 0 Å². The Morgan fingerprint density at radius 1 is 1.19 bits per heavy atom. The van der Waals surface area contributed by atoms with Gasteiger partial charge in [-0.3, -0.25) is 0 Å². The van der Waals surface area contributed by atoms with E-state index in [1.54, 1.807) is 0 Å². The quantitative estimate of drug-likeness (QED) is 0.752. The molecule has 1 nitrogen and oxygen atoms in total. The van der Waals surface area contributed by atoms with Crippen LogP contribution in [0, 0.1) is 6.92 Å². The molecule has 1 aliphatic carbocycles. The van der Waals surface area contributed by atoms with Crippen LogP contribution in [0.1, 0.15) is 36.8 Å². The molecule has 86 valence electrons. The predicted octanol–water partition coefficient (Wildman–Crippen LogP) is 3.37. The Labute approximate surface area is 98.4 Å². The number of aryl methyl sites for hydroxylation is 1. The first-order chi connectivity index (χ1) is 7.74. The molecule has 0 heterocycles. The second-order valence-electron chi connectivity index (χ2n) is 4.90. The molecule has 1 aromatic rings. The van der Waals surface area contributed by atoms with E-state index in [-0.39, 0.29) is 6.04 Å². The molecular weight excluding hydrogens is 194 g/mol. The first-order valence-electron chi connectivity index (χ1n) is 6.25. The van der Waals surface area contributed by atoms with E-state index in [0.29, 0.717) is 0 Å². The van der Waals surface area contributed by atoms with E-state index in [9.17, 15) is 0 Å². The van der Waals surface area contributed by atoms with Gasteiger partial charge in [-0.2, -0.15) is 0 Å². The molecule has 0 aliphatic heterocycles. The topological polar surface area (TPSA) is 26.0 Å². The average molecular weight is 215 g/mol. The zero-order chi connectivity index (χ0) is 11.4. The highest BCUT2D eigenvalue weighted by Crippen LogP contribution is 2.20. The van der Waals surface area contributed by atoms with Gasteiger partial charge in [0, 0.05) is 6.04 Å². The van der Waals surface area contributed by atoms with Crippen molar-refractivity contribution in [1.29, 1.82) is 0 Å². The minimum Gasteiger partial charge on any atom is -0.324 e. The SMILES string of the molecule is Cc1ccc(CC2=CC(N)CCCC2)cc1. The van der Waals surface area contributed by atoms with Crippen LogP contribution in [0.2, 0.25) is 0 Å². The number of benzene rings is 1. The molecule has 2 N–H and O–H groups in total. The van der Waals surface area contributed by atoms with Crippen LogP contribution < -0.4 is 5.73 Å². The maximum atomic E-state index is 6.03. The molecule has 0 spiro atoms. The number of hydrogen-bond donors (Lipinski definition) is 1. The van der Waals surface area contributed by atoms with Crippen LogP contribution in [-0.2, 0) is 6.42 Å². The van der Waals surface area contributed by atoms with E-state index in [0.717, 1.165) is 12.8 Å². The van der Waals surface area contributed by atoms with Crippen molar-refractivity contribution in [2.45, 2.75) is 45.1 Å².